The van der Waals surface area contributed by atoms with E-state index < -0.39 is 0 Å². The average molecular weight is 390 g/mol. The number of nitrogens with zero attached hydrogens (tertiary/aromatic N) is 5. The second kappa shape index (κ2) is 8.15. The zero-order valence-electron chi connectivity index (χ0n) is 17.2. The van der Waals surface area contributed by atoms with E-state index in [0.717, 1.165) is 29.3 Å². The molecule has 4 rings (SSSR count). The number of amides is 1. The van der Waals surface area contributed by atoms with Crippen LogP contribution in [0, 0.1) is 12.8 Å². The van der Waals surface area contributed by atoms with E-state index in [0.29, 0.717) is 25.4 Å². The van der Waals surface area contributed by atoms with Gasteiger partial charge < -0.3 is 4.90 Å². The Morgan fingerprint density at radius 3 is 2.66 bits per heavy atom. The lowest BCUT2D eigenvalue weighted by Crippen LogP contribution is -2.24. The first-order valence-corrected chi connectivity index (χ1v) is 10.2. The maximum absolute atomic E-state index is 12.7. The predicted octanol–water partition coefficient (Wildman–Crippen LogP) is 3.69. The second-order valence-corrected chi connectivity index (χ2v) is 8.27. The third-order valence-electron chi connectivity index (χ3n) is 5.22. The first-order chi connectivity index (χ1) is 14.0. The molecule has 1 atom stereocenters. The van der Waals surface area contributed by atoms with Gasteiger partial charge in [-0.1, -0.05) is 37.6 Å². The minimum absolute atomic E-state index is 0.0360. The maximum atomic E-state index is 12.7. The molecule has 1 aliphatic heterocycles. The number of benzene rings is 1. The second-order valence-electron chi connectivity index (χ2n) is 8.27. The fraction of sp³-hybridized carbons (Fsp3) is 0.391. The van der Waals surface area contributed by atoms with E-state index in [2.05, 4.69) is 50.0 Å². The molecular weight excluding hydrogens is 362 g/mol. The van der Waals surface area contributed by atoms with Gasteiger partial charge in [0.25, 0.3) is 0 Å². The Hall–Kier alpha value is -3.02. The smallest absolute Gasteiger partial charge is 0.223 e. The SMILES string of the molecule is Cc1ccc(-n2nc(CC(C)C)nc2[C@@H]2CC(=O)N(Cc3cccnc3)C2)cc1. The highest BCUT2D eigenvalue weighted by Crippen LogP contribution is 2.30. The third kappa shape index (κ3) is 4.36. The summed E-state index contributed by atoms with van der Waals surface area (Å²) in [5.41, 5.74) is 3.24. The number of rotatable bonds is 6. The van der Waals surface area contributed by atoms with Crippen molar-refractivity contribution in [2.75, 3.05) is 6.54 Å². The fourth-order valence-electron chi connectivity index (χ4n) is 3.77. The summed E-state index contributed by atoms with van der Waals surface area (Å²) in [5, 5.41) is 4.79. The summed E-state index contributed by atoms with van der Waals surface area (Å²) in [5.74, 6) is 2.39. The number of carbonyl (C=O) groups is 1. The van der Waals surface area contributed by atoms with Crippen molar-refractivity contribution in [2.45, 2.75) is 46.1 Å². The maximum Gasteiger partial charge on any atom is 0.223 e. The lowest BCUT2D eigenvalue weighted by atomic mass is 10.1. The van der Waals surface area contributed by atoms with Gasteiger partial charge in [0.1, 0.15) is 5.82 Å². The van der Waals surface area contributed by atoms with Crippen LogP contribution in [-0.4, -0.2) is 37.1 Å². The molecule has 3 aromatic rings. The van der Waals surface area contributed by atoms with Gasteiger partial charge in [-0.3, -0.25) is 9.78 Å². The molecule has 1 aromatic carbocycles. The van der Waals surface area contributed by atoms with Gasteiger partial charge in [-0.25, -0.2) is 9.67 Å². The van der Waals surface area contributed by atoms with Gasteiger partial charge >= 0.3 is 0 Å². The number of carbonyl (C=O) groups excluding carboxylic acids is 1. The quantitative estimate of drug-likeness (QED) is 0.645. The molecular formula is C23H27N5O. The zero-order chi connectivity index (χ0) is 20.4. The summed E-state index contributed by atoms with van der Waals surface area (Å²) in [6.45, 7) is 7.64. The normalized spacial score (nSPS) is 16.8. The van der Waals surface area contributed by atoms with Crippen LogP contribution in [0.25, 0.3) is 5.69 Å². The molecule has 0 N–H and O–H groups in total. The predicted molar refractivity (Wildman–Crippen MR) is 112 cm³/mol. The van der Waals surface area contributed by atoms with Gasteiger partial charge in [0, 0.05) is 44.2 Å². The fourth-order valence-corrected chi connectivity index (χ4v) is 3.77. The number of hydrogen-bond donors (Lipinski definition) is 0. The number of hydrogen-bond acceptors (Lipinski definition) is 4. The van der Waals surface area contributed by atoms with Crippen molar-refractivity contribution in [3.63, 3.8) is 0 Å². The third-order valence-corrected chi connectivity index (χ3v) is 5.22. The molecule has 0 saturated carbocycles. The summed E-state index contributed by atoms with van der Waals surface area (Å²) >= 11 is 0. The summed E-state index contributed by atoms with van der Waals surface area (Å²) in [4.78, 5) is 23.6. The van der Waals surface area contributed by atoms with Crippen LogP contribution in [0.5, 0.6) is 0 Å². The first kappa shape index (κ1) is 19.3. The van der Waals surface area contributed by atoms with Crippen molar-refractivity contribution in [1.82, 2.24) is 24.6 Å². The Balaban J connectivity index is 1.62. The minimum atomic E-state index is 0.0360. The largest absolute Gasteiger partial charge is 0.338 e. The van der Waals surface area contributed by atoms with Gasteiger partial charge in [-0.15, -0.1) is 0 Å². The topological polar surface area (TPSA) is 63.9 Å². The molecule has 0 radical (unpaired) electrons. The van der Waals surface area contributed by atoms with Gasteiger partial charge in [-0.05, 0) is 36.6 Å². The van der Waals surface area contributed by atoms with E-state index in [4.69, 9.17) is 10.1 Å². The highest BCUT2D eigenvalue weighted by molar-refractivity contribution is 5.79. The highest BCUT2D eigenvalue weighted by atomic mass is 16.2. The molecule has 0 bridgehead atoms. The van der Waals surface area contributed by atoms with Crippen LogP contribution in [0.4, 0.5) is 0 Å². The molecule has 6 nitrogen and oxygen atoms in total. The Morgan fingerprint density at radius 1 is 1.17 bits per heavy atom. The number of likely N-dealkylation sites (tertiary alicyclic amines) is 1. The van der Waals surface area contributed by atoms with Crippen LogP contribution in [0.15, 0.2) is 48.8 Å². The van der Waals surface area contributed by atoms with E-state index in [1.54, 1.807) is 6.20 Å². The van der Waals surface area contributed by atoms with Crippen LogP contribution in [0.1, 0.15) is 49.0 Å². The first-order valence-electron chi connectivity index (χ1n) is 10.2. The van der Waals surface area contributed by atoms with Crippen LogP contribution in [-0.2, 0) is 17.8 Å². The van der Waals surface area contributed by atoms with Gasteiger partial charge in [0.15, 0.2) is 5.82 Å². The molecule has 0 unspecified atom stereocenters. The highest BCUT2D eigenvalue weighted by Gasteiger charge is 2.34. The Labute approximate surface area is 171 Å². The van der Waals surface area contributed by atoms with Crippen LogP contribution in [0.2, 0.25) is 0 Å². The van der Waals surface area contributed by atoms with E-state index in [-0.39, 0.29) is 11.8 Å². The molecule has 3 heterocycles. The number of aromatic nitrogens is 4. The van der Waals surface area contributed by atoms with Crippen molar-refractivity contribution < 1.29 is 4.79 Å². The van der Waals surface area contributed by atoms with E-state index in [1.807, 2.05) is 27.9 Å². The number of pyridine rings is 1. The van der Waals surface area contributed by atoms with Crippen molar-refractivity contribution in [3.05, 3.63) is 71.6 Å². The molecule has 0 aliphatic carbocycles. The van der Waals surface area contributed by atoms with E-state index >= 15 is 0 Å². The van der Waals surface area contributed by atoms with Gasteiger partial charge in [0.2, 0.25) is 5.91 Å². The van der Waals surface area contributed by atoms with Crippen molar-refractivity contribution in [2.24, 2.45) is 5.92 Å². The van der Waals surface area contributed by atoms with Crippen molar-refractivity contribution in [3.8, 4) is 5.69 Å². The van der Waals surface area contributed by atoms with Crippen molar-refractivity contribution >= 4 is 5.91 Å². The molecule has 1 aliphatic rings. The zero-order valence-corrected chi connectivity index (χ0v) is 17.2. The average Bonchev–Trinajstić information content (AvgIpc) is 3.26. The lowest BCUT2D eigenvalue weighted by Gasteiger charge is -2.16. The summed E-state index contributed by atoms with van der Waals surface area (Å²) in [6.07, 6.45) is 4.85. The molecule has 2 aromatic heterocycles. The molecule has 1 saturated heterocycles. The Bertz CT molecular complexity index is 978. The van der Waals surface area contributed by atoms with Gasteiger partial charge in [-0.2, -0.15) is 5.10 Å². The van der Waals surface area contributed by atoms with E-state index in [9.17, 15) is 4.79 Å². The molecule has 0 spiro atoms. The molecule has 150 valence electrons. The van der Waals surface area contributed by atoms with Gasteiger partial charge in [0.05, 0.1) is 5.69 Å². The molecule has 1 fully saturated rings. The molecule has 1 amide bonds. The molecule has 6 heteroatoms. The monoisotopic (exact) mass is 389 g/mol. The Kier molecular flexibility index (Phi) is 5.43. The van der Waals surface area contributed by atoms with Crippen LogP contribution in [0.3, 0.4) is 0 Å². The summed E-state index contributed by atoms with van der Waals surface area (Å²) < 4.78 is 1.93. The minimum Gasteiger partial charge on any atom is -0.338 e. The Morgan fingerprint density at radius 2 is 1.97 bits per heavy atom. The molecule has 29 heavy (non-hydrogen) atoms. The van der Waals surface area contributed by atoms with E-state index in [1.165, 1.54) is 5.56 Å². The van der Waals surface area contributed by atoms with Crippen LogP contribution < -0.4 is 0 Å². The van der Waals surface area contributed by atoms with Crippen LogP contribution >= 0.6 is 0 Å². The summed E-state index contributed by atoms with van der Waals surface area (Å²) in [6, 6.07) is 12.2. The van der Waals surface area contributed by atoms with Crippen molar-refractivity contribution in [1.29, 1.82) is 0 Å². The lowest BCUT2D eigenvalue weighted by molar-refractivity contribution is -0.128. The standard InChI is InChI=1S/C23H27N5O/c1-16(2)11-21-25-23(28(26-21)20-8-6-17(3)7-9-20)19-12-22(29)27(15-19)14-18-5-4-10-24-13-18/h4-10,13,16,19H,11-12,14-15H2,1-3H3/t19-/m1/s1. The summed E-state index contributed by atoms with van der Waals surface area (Å²) in [7, 11) is 0. The number of aryl methyl sites for hydroxylation is 1.